The van der Waals surface area contributed by atoms with Crippen LogP contribution >= 0.6 is 35.1 Å². The molecule has 0 atom stereocenters. The number of para-hydroxylation sites is 1. The van der Waals surface area contributed by atoms with Crippen molar-refractivity contribution in [2.24, 2.45) is 9.98 Å². The van der Waals surface area contributed by atoms with Gasteiger partial charge in [0.25, 0.3) is 5.91 Å². The van der Waals surface area contributed by atoms with Gasteiger partial charge in [-0.1, -0.05) is 68.1 Å². The Bertz CT molecular complexity index is 1260. The zero-order chi connectivity index (χ0) is 27.3. The molecule has 1 amide bonds. The molecule has 1 heterocycles. The quantitative estimate of drug-likeness (QED) is 0.217. The fraction of sp³-hybridized carbons (Fsp3) is 0.300. The fourth-order valence-corrected chi connectivity index (χ4v) is 5.11. The van der Waals surface area contributed by atoms with Crippen LogP contribution in [0.15, 0.2) is 70.6 Å². The fourth-order valence-electron chi connectivity index (χ4n) is 3.60. The molecular weight excluding hydrogens is 535 g/mol. The molecule has 0 saturated carbocycles. The molecule has 0 unspecified atom stereocenters. The first-order chi connectivity index (χ1) is 18.5. The van der Waals surface area contributed by atoms with Crippen LogP contribution in [0.3, 0.4) is 0 Å². The molecule has 0 aliphatic carbocycles. The second-order valence-electron chi connectivity index (χ2n) is 8.75. The van der Waals surface area contributed by atoms with Gasteiger partial charge in [0.05, 0.1) is 22.8 Å². The van der Waals surface area contributed by atoms with Gasteiger partial charge in [-0.2, -0.15) is 0 Å². The summed E-state index contributed by atoms with van der Waals surface area (Å²) in [5.41, 5.74) is 4.50. The summed E-state index contributed by atoms with van der Waals surface area (Å²) in [5, 5.41) is 3.92. The van der Waals surface area contributed by atoms with Gasteiger partial charge in [0.15, 0.2) is 0 Å². The van der Waals surface area contributed by atoms with Crippen molar-refractivity contribution in [3.8, 4) is 0 Å². The molecule has 0 radical (unpaired) electrons. The number of nitrogens with zero attached hydrogens (tertiary/aromatic N) is 3. The molecule has 0 bridgehead atoms. The Kier molecular flexibility index (Phi) is 12.2. The molecule has 1 N–H and O–H groups in total. The Morgan fingerprint density at radius 1 is 1.05 bits per heavy atom. The van der Waals surface area contributed by atoms with Gasteiger partial charge in [-0.25, -0.2) is 0 Å². The monoisotopic (exact) mass is 568 g/mol. The highest BCUT2D eigenvalue weighted by Gasteiger charge is 2.16. The third-order valence-electron chi connectivity index (χ3n) is 5.89. The molecular formula is C30H34Cl2N4OS. The number of amides is 1. The minimum absolute atomic E-state index is 0.273. The van der Waals surface area contributed by atoms with Crippen LogP contribution in [0.5, 0.6) is 0 Å². The summed E-state index contributed by atoms with van der Waals surface area (Å²) in [6.07, 6.45) is 6.77. The van der Waals surface area contributed by atoms with E-state index in [-0.39, 0.29) is 5.91 Å². The maximum absolute atomic E-state index is 12.9. The molecule has 3 aromatic rings. The predicted octanol–water partition coefficient (Wildman–Crippen LogP) is 9.25. The average Bonchev–Trinajstić information content (AvgIpc) is 2.95. The van der Waals surface area contributed by atoms with Crippen LogP contribution in [0.4, 0.5) is 17.1 Å². The van der Waals surface area contributed by atoms with E-state index in [0.717, 1.165) is 41.2 Å². The molecule has 4 rings (SSSR count). The lowest BCUT2D eigenvalue weighted by Gasteiger charge is -2.27. The van der Waals surface area contributed by atoms with Gasteiger partial charge in [-0.3, -0.25) is 14.8 Å². The van der Waals surface area contributed by atoms with E-state index in [1.165, 1.54) is 19.3 Å². The Morgan fingerprint density at radius 2 is 1.84 bits per heavy atom. The summed E-state index contributed by atoms with van der Waals surface area (Å²) in [6, 6.07) is 18.5. The second-order valence-corrected chi connectivity index (χ2v) is 10.7. The SMILES string of the molecule is C=Nc1ccccc1C=NCc1cc(NC(=O)c2ccc(N3CCCCS3)cc2Cl)ccc1Cl.CCCC. The number of carbonyl (C=O) groups is 1. The third kappa shape index (κ3) is 8.62. The van der Waals surface area contributed by atoms with Gasteiger partial charge in [-0.15, -0.1) is 0 Å². The molecule has 5 nitrogen and oxygen atoms in total. The number of halogens is 2. The van der Waals surface area contributed by atoms with Crippen LogP contribution in [0.2, 0.25) is 10.0 Å². The molecule has 0 spiro atoms. The molecule has 0 aromatic heterocycles. The van der Waals surface area contributed by atoms with E-state index in [1.807, 2.05) is 42.5 Å². The lowest BCUT2D eigenvalue weighted by Crippen LogP contribution is -2.21. The van der Waals surface area contributed by atoms with Gasteiger partial charge < -0.3 is 9.62 Å². The van der Waals surface area contributed by atoms with Gasteiger partial charge >= 0.3 is 0 Å². The number of unbranched alkanes of at least 4 members (excludes halogenated alkanes) is 1. The third-order valence-corrected chi connectivity index (χ3v) is 7.75. The van der Waals surface area contributed by atoms with E-state index in [4.69, 9.17) is 23.2 Å². The van der Waals surface area contributed by atoms with Crippen LogP contribution in [0.25, 0.3) is 0 Å². The van der Waals surface area contributed by atoms with Crippen molar-refractivity contribution in [2.75, 3.05) is 21.9 Å². The molecule has 200 valence electrons. The van der Waals surface area contributed by atoms with Crippen LogP contribution in [-0.4, -0.2) is 31.1 Å². The second kappa shape index (κ2) is 15.6. The van der Waals surface area contributed by atoms with Crippen molar-refractivity contribution >= 4 is 71.1 Å². The minimum atomic E-state index is -0.273. The number of hydrogen-bond donors (Lipinski definition) is 1. The molecule has 38 heavy (non-hydrogen) atoms. The summed E-state index contributed by atoms with van der Waals surface area (Å²) in [7, 11) is 0. The van der Waals surface area contributed by atoms with Crippen LogP contribution in [-0.2, 0) is 6.54 Å². The van der Waals surface area contributed by atoms with Gasteiger partial charge in [0, 0.05) is 40.5 Å². The number of rotatable bonds is 8. The first-order valence-corrected chi connectivity index (χ1v) is 14.5. The van der Waals surface area contributed by atoms with Crippen molar-refractivity contribution in [1.82, 2.24) is 0 Å². The van der Waals surface area contributed by atoms with E-state index in [2.05, 4.69) is 40.2 Å². The highest BCUT2D eigenvalue weighted by atomic mass is 35.5. The minimum Gasteiger partial charge on any atom is -0.322 e. The smallest absolute Gasteiger partial charge is 0.257 e. The van der Waals surface area contributed by atoms with Crippen molar-refractivity contribution in [3.63, 3.8) is 0 Å². The van der Waals surface area contributed by atoms with E-state index < -0.39 is 0 Å². The van der Waals surface area contributed by atoms with Gasteiger partial charge in [0.2, 0.25) is 0 Å². The molecule has 8 heteroatoms. The van der Waals surface area contributed by atoms with E-state index in [0.29, 0.717) is 27.8 Å². The predicted molar refractivity (Wildman–Crippen MR) is 167 cm³/mol. The maximum atomic E-state index is 12.9. The summed E-state index contributed by atoms with van der Waals surface area (Å²) in [5.74, 6) is 0.825. The molecule has 1 fully saturated rings. The van der Waals surface area contributed by atoms with Gasteiger partial charge in [0.1, 0.15) is 0 Å². The first-order valence-electron chi connectivity index (χ1n) is 12.8. The molecule has 1 aliphatic rings. The summed E-state index contributed by atoms with van der Waals surface area (Å²) in [6.45, 7) is 9.29. The van der Waals surface area contributed by atoms with E-state index >= 15 is 0 Å². The number of nitrogens with one attached hydrogen (secondary N) is 1. The van der Waals surface area contributed by atoms with Crippen molar-refractivity contribution in [1.29, 1.82) is 0 Å². The van der Waals surface area contributed by atoms with E-state index in [1.54, 1.807) is 36.4 Å². The van der Waals surface area contributed by atoms with Crippen LogP contribution < -0.4 is 9.62 Å². The topological polar surface area (TPSA) is 57.1 Å². The maximum Gasteiger partial charge on any atom is 0.257 e. The normalized spacial score (nSPS) is 13.1. The Morgan fingerprint density at radius 3 is 2.53 bits per heavy atom. The molecule has 1 saturated heterocycles. The lowest BCUT2D eigenvalue weighted by molar-refractivity contribution is 0.102. The first kappa shape index (κ1) is 29.8. The summed E-state index contributed by atoms with van der Waals surface area (Å²) in [4.78, 5) is 21.4. The summed E-state index contributed by atoms with van der Waals surface area (Å²) < 4.78 is 2.23. The van der Waals surface area contributed by atoms with Crippen molar-refractivity contribution in [2.45, 2.75) is 46.1 Å². The Balaban J connectivity index is 0.000000934. The standard InChI is InChI=1S/C26H24Cl2N4OS.C4H10/c1-29-25-7-3-2-6-18(25)16-30-17-19-14-20(8-11-23(19)27)31-26(33)22-10-9-21(15-24(22)28)32-12-4-5-13-34-32;1-3-4-2/h2-3,6-11,14-16H,1,4-5,12-13,17H2,(H,31,33);3-4H2,1-2H3. The zero-order valence-corrected chi connectivity index (χ0v) is 24.3. The number of carbonyl (C=O) groups excluding carboxylic acids is 1. The molecule has 1 aliphatic heterocycles. The summed E-state index contributed by atoms with van der Waals surface area (Å²) >= 11 is 14.6. The van der Waals surface area contributed by atoms with Crippen molar-refractivity contribution < 1.29 is 4.79 Å². The Hall–Kier alpha value is -2.80. The highest BCUT2D eigenvalue weighted by Crippen LogP contribution is 2.31. The van der Waals surface area contributed by atoms with E-state index in [9.17, 15) is 4.79 Å². The molecule has 3 aromatic carbocycles. The number of aliphatic imine (C=N–C) groups is 2. The van der Waals surface area contributed by atoms with Crippen molar-refractivity contribution in [3.05, 3.63) is 87.4 Å². The number of anilines is 2. The highest BCUT2D eigenvalue weighted by molar-refractivity contribution is 8.00. The average molecular weight is 570 g/mol. The largest absolute Gasteiger partial charge is 0.322 e. The van der Waals surface area contributed by atoms with Crippen LogP contribution in [0.1, 0.15) is 61.0 Å². The lowest BCUT2D eigenvalue weighted by atomic mass is 10.1. The number of hydrogen-bond acceptors (Lipinski definition) is 5. The number of benzene rings is 3. The van der Waals surface area contributed by atoms with Crippen LogP contribution in [0, 0.1) is 0 Å². The van der Waals surface area contributed by atoms with Gasteiger partial charge in [-0.05, 0) is 79.5 Å². The zero-order valence-electron chi connectivity index (χ0n) is 21.9. The Labute approximate surface area is 240 Å².